The molecule has 0 aliphatic heterocycles. The molecule has 0 spiro atoms. The van der Waals surface area contributed by atoms with E-state index in [-0.39, 0.29) is 5.78 Å². The third-order valence-corrected chi connectivity index (χ3v) is 4.74. The average Bonchev–Trinajstić information content (AvgIpc) is 2.42. The number of carbonyl (C=O) groups excluding carboxylic acids is 1. The standard InChI is InChI=1S/C16H14BrIO2/c1-9-8-13(17)10(2)14(16(9)20-3)15(19)11-4-6-12(18)7-5-11/h4-8H,1-3H3. The van der Waals surface area contributed by atoms with Gasteiger partial charge < -0.3 is 4.74 Å². The summed E-state index contributed by atoms with van der Waals surface area (Å²) >= 11 is 5.73. The molecule has 0 fully saturated rings. The van der Waals surface area contributed by atoms with E-state index in [1.165, 1.54) is 0 Å². The van der Waals surface area contributed by atoms with E-state index in [0.717, 1.165) is 19.2 Å². The molecule has 0 N–H and O–H groups in total. The van der Waals surface area contributed by atoms with Gasteiger partial charge in [0.2, 0.25) is 0 Å². The highest BCUT2D eigenvalue weighted by molar-refractivity contribution is 14.1. The number of ether oxygens (including phenoxy) is 1. The number of ketones is 1. The van der Waals surface area contributed by atoms with Crippen LogP contribution >= 0.6 is 38.5 Å². The van der Waals surface area contributed by atoms with Gasteiger partial charge in [-0.2, -0.15) is 0 Å². The van der Waals surface area contributed by atoms with Crippen molar-refractivity contribution in [2.24, 2.45) is 0 Å². The van der Waals surface area contributed by atoms with Gasteiger partial charge in [-0.05, 0) is 77.9 Å². The molecule has 20 heavy (non-hydrogen) atoms. The van der Waals surface area contributed by atoms with Crippen LogP contribution in [-0.4, -0.2) is 12.9 Å². The van der Waals surface area contributed by atoms with Crippen LogP contribution in [0.1, 0.15) is 27.0 Å². The number of carbonyl (C=O) groups is 1. The summed E-state index contributed by atoms with van der Waals surface area (Å²) in [6.07, 6.45) is 0. The van der Waals surface area contributed by atoms with Crippen LogP contribution in [0.4, 0.5) is 0 Å². The monoisotopic (exact) mass is 444 g/mol. The number of rotatable bonds is 3. The van der Waals surface area contributed by atoms with E-state index < -0.39 is 0 Å². The first-order valence-corrected chi connectivity index (χ1v) is 7.96. The Balaban J connectivity index is 2.62. The summed E-state index contributed by atoms with van der Waals surface area (Å²) in [7, 11) is 1.60. The van der Waals surface area contributed by atoms with Crippen LogP contribution in [0.5, 0.6) is 5.75 Å². The molecule has 0 aromatic heterocycles. The van der Waals surface area contributed by atoms with E-state index in [4.69, 9.17) is 4.74 Å². The third kappa shape index (κ3) is 2.91. The van der Waals surface area contributed by atoms with Crippen LogP contribution in [0.15, 0.2) is 34.8 Å². The maximum atomic E-state index is 12.8. The van der Waals surface area contributed by atoms with Crippen molar-refractivity contribution >= 4 is 44.3 Å². The summed E-state index contributed by atoms with van der Waals surface area (Å²) in [4.78, 5) is 12.8. The molecule has 104 valence electrons. The van der Waals surface area contributed by atoms with Gasteiger partial charge in [-0.3, -0.25) is 4.79 Å². The second-order valence-electron chi connectivity index (χ2n) is 4.54. The Kier molecular flexibility index (Phi) is 4.86. The van der Waals surface area contributed by atoms with E-state index in [1.54, 1.807) is 7.11 Å². The molecule has 0 saturated carbocycles. The average molecular weight is 445 g/mol. The topological polar surface area (TPSA) is 26.3 Å². The molecule has 0 radical (unpaired) electrons. The predicted octanol–water partition coefficient (Wildman–Crippen LogP) is 4.91. The predicted molar refractivity (Wildman–Crippen MR) is 92.8 cm³/mol. The summed E-state index contributed by atoms with van der Waals surface area (Å²) < 4.78 is 7.46. The van der Waals surface area contributed by atoms with Crippen LogP contribution in [0.2, 0.25) is 0 Å². The number of methoxy groups -OCH3 is 1. The van der Waals surface area contributed by atoms with Crippen molar-refractivity contribution < 1.29 is 9.53 Å². The lowest BCUT2D eigenvalue weighted by atomic mass is 9.96. The fourth-order valence-electron chi connectivity index (χ4n) is 2.13. The van der Waals surface area contributed by atoms with E-state index in [2.05, 4.69) is 38.5 Å². The molecule has 0 bridgehead atoms. The van der Waals surface area contributed by atoms with Gasteiger partial charge in [-0.15, -0.1) is 0 Å². The minimum absolute atomic E-state index is 0.0137. The summed E-state index contributed by atoms with van der Waals surface area (Å²) in [6, 6.07) is 9.53. The highest BCUT2D eigenvalue weighted by Crippen LogP contribution is 2.33. The van der Waals surface area contributed by atoms with Gasteiger partial charge in [0.25, 0.3) is 0 Å². The summed E-state index contributed by atoms with van der Waals surface area (Å²) in [5.74, 6) is 0.634. The molecule has 0 unspecified atom stereocenters. The van der Waals surface area contributed by atoms with Gasteiger partial charge in [-0.1, -0.05) is 15.9 Å². The zero-order chi connectivity index (χ0) is 14.9. The quantitative estimate of drug-likeness (QED) is 0.496. The van der Waals surface area contributed by atoms with Gasteiger partial charge in [-0.25, -0.2) is 0 Å². The third-order valence-electron chi connectivity index (χ3n) is 3.20. The van der Waals surface area contributed by atoms with Gasteiger partial charge in [0.1, 0.15) is 5.75 Å². The molecule has 2 aromatic carbocycles. The lowest BCUT2D eigenvalue weighted by Gasteiger charge is -2.15. The van der Waals surface area contributed by atoms with E-state index in [1.807, 2.05) is 44.2 Å². The van der Waals surface area contributed by atoms with Crippen molar-refractivity contribution in [3.63, 3.8) is 0 Å². The number of halogens is 2. The highest BCUT2D eigenvalue weighted by Gasteiger charge is 2.20. The Bertz CT molecular complexity index is 663. The second-order valence-corrected chi connectivity index (χ2v) is 6.64. The van der Waals surface area contributed by atoms with Crippen molar-refractivity contribution in [3.05, 3.63) is 60.6 Å². The molecular weight excluding hydrogens is 431 g/mol. The molecule has 0 saturated heterocycles. The Morgan fingerprint density at radius 1 is 1.20 bits per heavy atom. The summed E-state index contributed by atoms with van der Waals surface area (Å²) in [5.41, 5.74) is 3.14. The van der Waals surface area contributed by atoms with Crippen molar-refractivity contribution in [3.8, 4) is 5.75 Å². The lowest BCUT2D eigenvalue weighted by Crippen LogP contribution is -2.08. The van der Waals surface area contributed by atoms with Crippen LogP contribution in [0.25, 0.3) is 0 Å². The molecule has 2 aromatic rings. The Morgan fingerprint density at radius 3 is 2.35 bits per heavy atom. The largest absolute Gasteiger partial charge is 0.496 e. The Morgan fingerprint density at radius 2 is 1.80 bits per heavy atom. The number of benzene rings is 2. The van der Waals surface area contributed by atoms with Crippen molar-refractivity contribution in [1.29, 1.82) is 0 Å². The zero-order valence-electron chi connectivity index (χ0n) is 11.5. The highest BCUT2D eigenvalue weighted by atomic mass is 127. The van der Waals surface area contributed by atoms with Crippen molar-refractivity contribution in [2.75, 3.05) is 7.11 Å². The van der Waals surface area contributed by atoms with E-state index in [0.29, 0.717) is 16.9 Å². The first-order valence-electron chi connectivity index (χ1n) is 6.09. The first kappa shape index (κ1) is 15.5. The van der Waals surface area contributed by atoms with Crippen LogP contribution in [0, 0.1) is 17.4 Å². The zero-order valence-corrected chi connectivity index (χ0v) is 15.2. The number of hydrogen-bond acceptors (Lipinski definition) is 2. The molecule has 0 amide bonds. The smallest absolute Gasteiger partial charge is 0.197 e. The maximum absolute atomic E-state index is 12.8. The molecule has 0 atom stereocenters. The molecule has 2 rings (SSSR count). The van der Waals surface area contributed by atoms with Crippen molar-refractivity contribution in [2.45, 2.75) is 13.8 Å². The van der Waals surface area contributed by atoms with Gasteiger partial charge in [0.05, 0.1) is 12.7 Å². The van der Waals surface area contributed by atoms with E-state index in [9.17, 15) is 4.79 Å². The molecule has 2 nitrogen and oxygen atoms in total. The molecule has 0 heterocycles. The maximum Gasteiger partial charge on any atom is 0.197 e. The Hall–Kier alpha value is -0.880. The second kappa shape index (κ2) is 6.26. The molecular formula is C16H14BrIO2. The van der Waals surface area contributed by atoms with E-state index >= 15 is 0 Å². The molecule has 0 aliphatic carbocycles. The van der Waals surface area contributed by atoms with Crippen molar-refractivity contribution in [1.82, 2.24) is 0 Å². The normalized spacial score (nSPS) is 10.4. The SMILES string of the molecule is COc1c(C)cc(Br)c(C)c1C(=O)c1ccc(I)cc1. The van der Waals surface area contributed by atoms with Crippen LogP contribution in [0.3, 0.4) is 0 Å². The first-order chi connectivity index (χ1) is 9.45. The summed E-state index contributed by atoms with van der Waals surface area (Å²) in [6.45, 7) is 3.86. The van der Waals surface area contributed by atoms with Gasteiger partial charge >= 0.3 is 0 Å². The van der Waals surface area contributed by atoms with Crippen LogP contribution in [-0.2, 0) is 0 Å². The lowest BCUT2D eigenvalue weighted by molar-refractivity contribution is 0.103. The number of aryl methyl sites for hydroxylation is 1. The van der Waals surface area contributed by atoms with Gasteiger partial charge in [0, 0.05) is 13.6 Å². The molecule has 0 aliphatic rings. The molecule has 4 heteroatoms. The fraction of sp³-hybridized carbons (Fsp3) is 0.188. The van der Waals surface area contributed by atoms with Crippen LogP contribution < -0.4 is 4.74 Å². The van der Waals surface area contributed by atoms with Gasteiger partial charge in [0.15, 0.2) is 5.78 Å². The fourth-order valence-corrected chi connectivity index (χ4v) is 3.03. The number of hydrogen-bond donors (Lipinski definition) is 0. The Labute approximate surface area is 140 Å². The summed E-state index contributed by atoms with van der Waals surface area (Å²) in [5, 5.41) is 0. The minimum Gasteiger partial charge on any atom is -0.496 e. The minimum atomic E-state index is -0.0137.